The summed E-state index contributed by atoms with van der Waals surface area (Å²) in [6.07, 6.45) is -0.812. The number of nitrogens with two attached hydrogens (primary N) is 1. The van der Waals surface area contributed by atoms with Gasteiger partial charge < -0.3 is 15.4 Å². The van der Waals surface area contributed by atoms with E-state index in [-0.39, 0.29) is 5.91 Å². The first-order chi connectivity index (χ1) is 8.34. The molecule has 0 heterocycles. The summed E-state index contributed by atoms with van der Waals surface area (Å²) in [6.45, 7) is 3.28. The monoisotopic (exact) mass is 250 g/mol. The van der Waals surface area contributed by atoms with Crippen molar-refractivity contribution in [1.29, 1.82) is 0 Å². The highest BCUT2D eigenvalue weighted by atomic mass is 16.5. The average Bonchev–Trinajstić information content (AvgIpc) is 2.31. The molecule has 0 aliphatic carbocycles. The smallest absolute Gasteiger partial charge is 0.339 e. The van der Waals surface area contributed by atoms with Crippen LogP contribution >= 0.6 is 0 Å². The number of ether oxygens (including phenoxy) is 1. The number of carbonyl (C=O) groups excluding carboxylic acids is 2. The van der Waals surface area contributed by atoms with Crippen LogP contribution in [0.1, 0.15) is 22.8 Å². The Morgan fingerprint density at radius 3 is 2.50 bits per heavy atom. The van der Waals surface area contributed by atoms with E-state index in [1.807, 2.05) is 0 Å². The number of likely N-dealkylation sites (N-methyl/N-ethyl adjacent to an activating group) is 1. The standard InChI is InChI=1S/C13H18N2O3/c1-8-10(6-5-7-11(8)14)13(17)18-9(2)12(16)15(3)4/h5-7,9H,14H2,1-4H3. The summed E-state index contributed by atoms with van der Waals surface area (Å²) in [6, 6.07) is 5.01. The highest BCUT2D eigenvalue weighted by molar-refractivity contribution is 5.94. The Morgan fingerprint density at radius 2 is 1.94 bits per heavy atom. The van der Waals surface area contributed by atoms with Crippen molar-refractivity contribution in [2.24, 2.45) is 0 Å². The van der Waals surface area contributed by atoms with Gasteiger partial charge in [-0.2, -0.15) is 0 Å². The molecule has 5 heteroatoms. The minimum absolute atomic E-state index is 0.259. The zero-order valence-corrected chi connectivity index (χ0v) is 11.1. The number of esters is 1. The van der Waals surface area contributed by atoms with Gasteiger partial charge >= 0.3 is 5.97 Å². The van der Waals surface area contributed by atoms with Gasteiger partial charge in [-0.3, -0.25) is 4.79 Å². The van der Waals surface area contributed by atoms with E-state index in [4.69, 9.17) is 10.5 Å². The maximum atomic E-state index is 11.9. The van der Waals surface area contributed by atoms with Crippen LogP contribution in [0.15, 0.2) is 18.2 Å². The van der Waals surface area contributed by atoms with E-state index in [2.05, 4.69) is 0 Å². The second kappa shape index (κ2) is 5.53. The number of anilines is 1. The molecule has 0 bridgehead atoms. The zero-order chi connectivity index (χ0) is 13.9. The van der Waals surface area contributed by atoms with Crippen LogP contribution in [-0.4, -0.2) is 37.0 Å². The van der Waals surface area contributed by atoms with Gasteiger partial charge in [0.05, 0.1) is 5.56 Å². The Bertz CT molecular complexity index is 469. The first-order valence-electron chi connectivity index (χ1n) is 5.61. The summed E-state index contributed by atoms with van der Waals surface area (Å²) in [5.74, 6) is -0.799. The Hall–Kier alpha value is -2.04. The number of nitrogen functional groups attached to an aromatic ring is 1. The van der Waals surface area contributed by atoms with Crippen LogP contribution in [0.3, 0.4) is 0 Å². The topological polar surface area (TPSA) is 72.6 Å². The number of benzene rings is 1. The molecule has 0 fully saturated rings. The normalized spacial score (nSPS) is 11.8. The molecule has 5 nitrogen and oxygen atoms in total. The summed E-state index contributed by atoms with van der Waals surface area (Å²) >= 11 is 0. The average molecular weight is 250 g/mol. The van der Waals surface area contributed by atoms with Crippen LogP contribution in [0.4, 0.5) is 5.69 Å². The van der Waals surface area contributed by atoms with Crippen molar-refractivity contribution < 1.29 is 14.3 Å². The van der Waals surface area contributed by atoms with Crippen LogP contribution in [0.25, 0.3) is 0 Å². The molecule has 0 saturated carbocycles. The fourth-order valence-corrected chi connectivity index (χ4v) is 1.51. The van der Waals surface area contributed by atoms with Crippen molar-refractivity contribution in [1.82, 2.24) is 4.90 Å². The van der Waals surface area contributed by atoms with Crippen molar-refractivity contribution in [2.45, 2.75) is 20.0 Å². The van der Waals surface area contributed by atoms with E-state index >= 15 is 0 Å². The van der Waals surface area contributed by atoms with Gasteiger partial charge in [-0.05, 0) is 31.5 Å². The largest absolute Gasteiger partial charge is 0.449 e. The summed E-state index contributed by atoms with van der Waals surface area (Å²) in [5, 5.41) is 0. The van der Waals surface area contributed by atoms with E-state index in [0.29, 0.717) is 16.8 Å². The summed E-state index contributed by atoms with van der Waals surface area (Å²) < 4.78 is 5.11. The van der Waals surface area contributed by atoms with Crippen LogP contribution < -0.4 is 5.73 Å². The molecule has 0 aromatic heterocycles. The van der Waals surface area contributed by atoms with E-state index in [1.54, 1.807) is 46.1 Å². The molecule has 0 saturated heterocycles. The van der Waals surface area contributed by atoms with Gasteiger partial charge in [0, 0.05) is 19.8 Å². The second-order valence-corrected chi connectivity index (χ2v) is 4.30. The molecule has 2 N–H and O–H groups in total. The van der Waals surface area contributed by atoms with Crippen LogP contribution in [0, 0.1) is 6.92 Å². The van der Waals surface area contributed by atoms with Crippen LogP contribution in [0.2, 0.25) is 0 Å². The minimum Gasteiger partial charge on any atom is -0.449 e. The molecule has 1 rings (SSSR count). The number of nitrogens with zero attached hydrogens (tertiary/aromatic N) is 1. The fraction of sp³-hybridized carbons (Fsp3) is 0.385. The molecule has 0 aliphatic heterocycles. The Morgan fingerprint density at radius 1 is 1.33 bits per heavy atom. The van der Waals surface area contributed by atoms with Crippen molar-refractivity contribution in [2.75, 3.05) is 19.8 Å². The molecule has 0 aliphatic rings. The third-order valence-electron chi connectivity index (χ3n) is 2.67. The van der Waals surface area contributed by atoms with Crippen molar-refractivity contribution in [3.8, 4) is 0 Å². The number of hydrogen-bond acceptors (Lipinski definition) is 4. The Labute approximate surface area is 107 Å². The SMILES string of the molecule is Cc1c(N)cccc1C(=O)OC(C)C(=O)N(C)C. The van der Waals surface area contributed by atoms with Gasteiger partial charge in [0.2, 0.25) is 0 Å². The predicted octanol–water partition coefficient (Wildman–Crippen LogP) is 1.21. The summed E-state index contributed by atoms with van der Waals surface area (Å²) in [4.78, 5) is 24.9. The van der Waals surface area contributed by atoms with Gasteiger partial charge in [-0.1, -0.05) is 6.07 Å². The lowest BCUT2D eigenvalue weighted by atomic mass is 10.1. The third kappa shape index (κ3) is 3.00. The predicted molar refractivity (Wildman–Crippen MR) is 69.2 cm³/mol. The van der Waals surface area contributed by atoms with E-state index in [9.17, 15) is 9.59 Å². The number of amides is 1. The second-order valence-electron chi connectivity index (χ2n) is 4.30. The lowest BCUT2D eigenvalue weighted by Crippen LogP contribution is -2.35. The Kier molecular flexibility index (Phi) is 4.31. The summed E-state index contributed by atoms with van der Waals surface area (Å²) in [7, 11) is 3.22. The quantitative estimate of drug-likeness (QED) is 0.646. The molecular formula is C13H18N2O3. The van der Waals surface area contributed by atoms with Crippen LogP contribution in [0.5, 0.6) is 0 Å². The zero-order valence-electron chi connectivity index (χ0n) is 11.1. The third-order valence-corrected chi connectivity index (χ3v) is 2.67. The molecule has 18 heavy (non-hydrogen) atoms. The van der Waals surface area contributed by atoms with Crippen molar-refractivity contribution >= 4 is 17.6 Å². The molecule has 0 spiro atoms. The number of carbonyl (C=O) groups is 2. The van der Waals surface area contributed by atoms with Crippen molar-refractivity contribution in [3.05, 3.63) is 29.3 Å². The highest BCUT2D eigenvalue weighted by Crippen LogP contribution is 2.17. The van der Waals surface area contributed by atoms with Crippen molar-refractivity contribution in [3.63, 3.8) is 0 Å². The molecule has 1 atom stereocenters. The summed E-state index contributed by atoms with van der Waals surface area (Å²) in [5.41, 5.74) is 7.28. The molecule has 1 amide bonds. The van der Waals surface area contributed by atoms with Gasteiger partial charge in [0.25, 0.3) is 5.91 Å². The lowest BCUT2D eigenvalue weighted by molar-refractivity contribution is -0.137. The van der Waals surface area contributed by atoms with Gasteiger partial charge in [-0.25, -0.2) is 4.79 Å². The van der Waals surface area contributed by atoms with Gasteiger partial charge in [-0.15, -0.1) is 0 Å². The maximum absolute atomic E-state index is 11.9. The first kappa shape index (κ1) is 14.0. The Balaban J connectivity index is 2.83. The number of hydrogen-bond donors (Lipinski definition) is 1. The van der Waals surface area contributed by atoms with E-state index in [1.165, 1.54) is 4.90 Å². The molecule has 0 radical (unpaired) electrons. The van der Waals surface area contributed by atoms with Gasteiger partial charge in [0.15, 0.2) is 6.10 Å². The minimum atomic E-state index is -0.812. The molecule has 1 aromatic rings. The molecule has 1 unspecified atom stereocenters. The molecule has 98 valence electrons. The van der Waals surface area contributed by atoms with Gasteiger partial charge in [0.1, 0.15) is 0 Å². The maximum Gasteiger partial charge on any atom is 0.339 e. The van der Waals surface area contributed by atoms with Crippen LogP contribution in [-0.2, 0) is 9.53 Å². The highest BCUT2D eigenvalue weighted by Gasteiger charge is 2.21. The first-order valence-corrected chi connectivity index (χ1v) is 5.61. The molecule has 1 aromatic carbocycles. The fourth-order valence-electron chi connectivity index (χ4n) is 1.51. The lowest BCUT2D eigenvalue weighted by Gasteiger charge is -2.17. The van der Waals surface area contributed by atoms with E-state index < -0.39 is 12.1 Å². The van der Waals surface area contributed by atoms with E-state index in [0.717, 1.165) is 0 Å². The number of rotatable bonds is 3. The molecular weight excluding hydrogens is 232 g/mol.